The van der Waals surface area contributed by atoms with Crippen LogP contribution in [0.15, 0.2) is 46.1 Å². The molecule has 0 fully saturated rings. The van der Waals surface area contributed by atoms with E-state index in [0.717, 1.165) is 5.56 Å². The Hall–Kier alpha value is -2.68. The first-order valence-electron chi connectivity index (χ1n) is 7.08. The zero-order valence-corrected chi connectivity index (χ0v) is 13.8. The average molecular weight is 350 g/mol. The fraction of sp³-hybridized carbons (Fsp3) is 0.200. The molecule has 0 unspecified atom stereocenters. The van der Waals surface area contributed by atoms with Crippen LogP contribution in [-0.2, 0) is 16.6 Å². The van der Waals surface area contributed by atoms with Crippen molar-refractivity contribution in [1.29, 1.82) is 0 Å². The van der Waals surface area contributed by atoms with Gasteiger partial charge in [-0.05, 0) is 31.5 Å². The Labute approximate surface area is 138 Å². The average Bonchev–Trinajstić information content (AvgIpc) is 3.05. The van der Waals surface area contributed by atoms with Crippen molar-refractivity contribution in [3.63, 3.8) is 0 Å². The van der Waals surface area contributed by atoms with Crippen molar-refractivity contribution in [2.24, 2.45) is 0 Å². The fourth-order valence-corrected chi connectivity index (χ4v) is 3.75. The van der Waals surface area contributed by atoms with E-state index in [0.29, 0.717) is 12.2 Å². The molecule has 9 heteroatoms. The Balaban J connectivity index is 1.79. The molecule has 0 radical (unpaired) electrons. The number of anilines is 1. The summed E-state index contributed by atoms with van der Waals surface area (Å²) in [4.78, 5) is 0.0142. The normalized spacial score (nSPS) is 11.6. The Morgan fingerprint density at radius 2 is 2.12 bits per heavy atom. The quantitative estimate of drug-likeness (QED) is 0.763. The maximum absolute atomic E-state index is 13.2. The molecular formula is C15H15FN4O3S. The lowest BCUT2D eigenvalue weighted by Crippen LogP contribution is -2.14. The summed E-state index contributed by atoms with van der Waals surface area (Å²) in [5.74, 6) is -0.119. The minimum atomic E-state index is -3.82. The summed E-state index contributed by atoms with van der Waals surface area (Å²) in [7, 11) is -3.82. The van der Waals surface area contributed by atoms with Crippen molar-refractivity contribution in [3.05, 3.63) is 59.5 Å². The van der Waals surface area contributed by atoms with Crippen molar-refractivity contribution in [3.8, 4) is 0 Å². The van der Waals surface area contributed by atoms with Gasteiger partial charge in [0.1, 0.15) is 11.5 Å². The van der Waals surface area contributed by atoms with E-state index in [-0.39, 0.29) is 22.2 Å². The first-order chi connectivity index (χ1) is 11.3. The van der Waals surface area contributed by atoms with Crippen LogP contribution in [0, 0.1) is 19.7 Å². The summed E-state index contributed by atoms with van der Waals surface area (Å²) in [6.45, 7) is 3.41. The first kappa shape index (κ1) is 16.2. The Morgan fingerprint density at radius 1 is 1.33 bits per heavy atom. The highest BCUT2D eigenvalue weighted by molar-refractivity contribution is 7.92. The van der Waals surface area contributed by atoms with Crippen LogP contribution >= 0.6 is 0 Å². The summed E-state index contributed by atoms with van der Waals surface area (Å²) in [6, 6.07) is 6.12. The molecule has 0 atom stereocenters. The second kappa shape index (κ2) is 6.08. The van der Waals surface area contributed by atoms with E-state index in [4.69, 9.17) is 4.52 Å². The van der Waals surface area contributed by atoms with Gasteiger partial charge in [0.2, 0.25) is 0 Å². The van der Waals surface area contributed by atoms with Gasteiger partial charge in [-0.2, -0.15) is 5.10 Å². The minimum absolute atomic E-state index is 0.0142. The summed E-state index contributed by atoms with van der Waals surface area (Å²) >= 11 is 0. The molecule has 0 aliphatic heterocycles. The molecule has 0 aliphatic carbocycles. The molecule has 0 spiro atoms. The van der Waals surface area contributed by atoms with Crippen molar-refractivity contribution in [2.75, 3.05) is 4.72 Å². The number of nitrogens with zero attached hydrogens (tertiary/aromatic N) is 3. The smallest absolute Gasteiger partial charge is 0.267 e. The number of hydrogen-bond donors (Lipinski definition) is 1. The third-order valence-corrected chi connectivity index (χ3v) is 4.98. The van der Waals surface area contributed by atoms with E-state index in [1.54, 1.807) is 19.1 Å². The maximum atomic E-state index is 13.2. The lowest BCUT2D eigenvalue weighted by Gasteiger charge is -2.05. The third kappa shape index (κ3) is 3.30. The molecule has 0 aliphatic rings. The lowest BCUT2D eigenvalue weighted by atomic mass is 10.2. The predicted octanol–water partition coefficient (Wildman–Crippen LogP) is 2.48. The monoisotopic (exact) mass is 350 g/mol. The highest BCUT2D eigenvalue weighted by Crippen LogP contribution is 2.22. The van der Waals surface area contributed by atoms with E-state index in [2.05, 4.69) is 15.0 Å². The van der Waals surface area contributed by atoms with Crippen LogP contribution in [0.3, 0.4) is 0 Å². The fourth-order valence-electron chi connectivity index (χ4n) is 2.39. The molecule has 1 N–H and O–H groups in total. The molecule has 0 saturated carbocycles. The number of rotatable bonds is 5. The van der Waals surface area contributed by atoms with Crippen LogP contribution in [0.5, 0.6) is 0 Å². The molecule has 1 aromatic carbocycles. The van der Waals surface area contributed by atoms with Gasteiger partial charge in [0, 0.05) is 6.20 Å². The molecule has 3 aromatic rings. The molecule has 24 heavy (non-hydrogen) atoms. The van der Waals surface area contributed by atoms with Gasteiger partial charge < -0.3 is 4.52 Å². The van der Waals surface area contributed by atoms with Crippen LogP contribution < -0.4 is 4.72 Å². The zero-order valence-electron chi connectivity index (χ0n) is 13.0. The number of aryl methyl sites for hydroxylation is 2. The van der Waals surface area contributed by atoms with E-state index in [1.807, 2.05) is 0 Å². The van der Waals surface area contributed by atoms with Gasteiger partial charge in [-0.3, -0.25) is 9.40 Å². The maximum Gasteiger partial charge on any atom is 0.267 e. The van der Waals surface area contributed by atoms with Gasteiger partial charge in [-0.25, -0.2) is 12.8 Å². The number of benzene rings is 1. The number of nitrogens with one attached hydrogen (secondary N) is 1. The van der Waals surface area contributed by atoms with E-state index in [9.17, 15) is 12.8 Å². The Morgan fingerprint density at radius 3 is 2.79 bits per heavy atom. The number of hydrogen-bond acceptors (Lipinski definition) is 5. The summed E-state index contributed by atoms with van der Waals surface area (Å²) in [5.41, 5.74) is 1.30. The van der Waals surface area contributed by atoms with Crippen LogP contribution in [0.4, 0.5) is 10.1 Å². The summed E-state index contributed by atoms with van der Waals surface area (Å²) in [5, 5.41) is 7.72. The molecule has 0 bridgehead atoms. The molecule has 0 saturated heterocycles. The standard InChI is InChI=1S/C15H15FN4O3S/c1-10-15(11(2)23-18-10)24(21,22)19-14-7-17-20(9-14)8-12-4-3-5-13(16)6-12/h3-7,9,19H,8H2,1-2H3. The van der Waals surface area contributed by atoms with Crippen molar-refractivity contribution in [2.45, 2.75) is 25.3 Å². The highest BCUT2D eigenvalue weighted by atomic mass is 32.2. The first-order valence-corrected chi connectivity index (χ1v) is 8.56. The summed E-state index contributed by atoms with van der Waals surface area (Å²) in [6.07, 6.45) is 2.91. The second-order valence-electron chi connectivity index (χ2n) is 5.32. The van der Waals surface area contributed by atoms with Gasteiger partial charge in [-0.15, -0.1) is 0 Å². The van der Waals surface area contributed by atoms with Crippen molar-refractivity contribution in [1.82, 2.24) is 14.9 Å². The highest BCUT2D eigenvalue weighted by Gasteiger charge is 2.24. The molecule has 126 valence electrons. The van der Waals surface area contributed by atoms with E-state index in [1.165, 1.54) is 36.1 Å². The number of aromatic nitrogens is 3. The molecule has 2 aromatic heterocycles. The largest absolute Gasteiger partial charge is 0.360 e. The molecule has 3 rings (SSSR count). The van der Waals surface area contributed by atoms with Crippen LogP contribution in [-0.4, -0.2) is 23.4 Å². The van der Waals surface area contributed by atoms with Crippen LogP contribution in [0.1, 0.15) is 17.0 Å². The minimum Gasteiger partial charge on any atom is -0.360 e. The Kier molecular flexibility index (Phi) is 4.10. The van der Waals surface area contributed by atoms with Crippen LogP contribution in [0.2, 0.25) is 0 Å². The van der Waals surface area contributed by atoms with Gasteiger partial charge in [0.25, 0.3) is 10.0 Å². The topological polar surface area (TPSA) is 90.0 Å². The summed E-state index contributed by atoms with van der Waals surface area (Å²) < 4.78 is 46.9. The predicted molar refractivity (Wildman–Crippen MR) is 84.5 cm³/mol. The number of sulfonamides is 1. The number of halogens is 1. The Bertz CT molecular complexity index is 959. The van der Waals surface area contributed by atoms with Crippen molar-refractivity contribution < 1.29 is 17.3 Å². The third-order valence-electron chi connectivity index (χ3n) is 3.36. The van der Waals surface area contributed by atoms with E-state index < -0.39 is 10.0 Å². The van der Waals surface area contributed by atoms with Crippen molar-refractivity contribution >= 4 is 15.7 Å². The molecular weight excluding hydrogens is 335 g/mol. The van der Waals surface area contributed by atoms with Gasteiger partial charge in [0.15, 0.2) is 10.7 Å². The van der Waals surface area contributed by atoms with Gasteiger partial charge in [0.05, 0.1) is 18.4 Å². The SMILES string of the molecule is Cc1noc(C)c1S(=O)(=O)Nc1cnn(Cc2cccc(F)c2)c1. The van der Waals surface area contributed by atoms with Gasteiger partial charge in [-0.1, -0.05) is 17.3 Å². The molecule has 0 amide bonds. The molecule has 7 nitrogen and oxygen atoms in total. The lowest BCUT2D eigenvalue weighted by molar-refractivity contribution is 0.390. The van der Waals surface area contributed by atoms with E-state index >= 15 is 0 Å². The zero-order chi connectivity index (χ0) is 17.3. The second-order valence-corrected chi connectivity index (χ2v) is 6.93. The van der Waals surface area contributed by atoms with Crippen LogP contribution in [0.25, 0.3) is 0 Å². The molecule has 2 heterocycles. The van der Waals surface area contributed by atoms with Gasteiger partial charge >= 0.3 is 0 Å².